The highest BCUT2D eigenvalue weighted by Crippen LogP contribution is 2.23. The van der Waals surface area contributed by atoms with Gasteiger partial charge >= 0.3 is 0 Å². The van der Waals surface area contributed by atoms with Gasteiger partial charge in [0, 0.05) is 62.6 Å². The summed E-state index contributed by atoms with van der Waals surface area (Å²) >= 11 is 0. The third kappa shape index (κ3) is 6.12. The molecule has 1 saturated heterocycles. The summed E-state index contributed by atoms with van der Waals surface area (Å²) in [4.78, 5) is 11.6. The summed E-state index contributed by atoms with van der Waals surface area (Å²) in [6, 6.07) is 15.8. The zero-order valence-corrected chi connectivity index (χ0v) is 19.4. The van der Waals surface area contributed by atoms with Crippen molar-refractivity contribution in [2.24, 2.45) is 5.92 Å². The number of likely N-dealkylation sites (tertiary alicyclic amines) is 1. The van der Waals surface area contributed by atoms with Crippen LogP contribution in [0.1, 0.15) is 24.0 Å². The molecule has 1 aromatic heterocycles. The summed E-state index contributed by atoms with van der Waals surface area (Å²) in [5.74, 6) is 0.516. The van der Waals surface area contributed by atoms with Gasteiger partial charge in [-0.2, -0.15) is 0 Å². The zero-order chi connectivity index (χ0) is 22.3. The van der Waals surface area contributed by atoms with E-state index in [-0.39, 0.29) is 5.82 Å². The SMILES string of the molecule is CN(C)CCN(Cc1cccc2cnccc12)C[C@H]1CCCN(Cc2ccccc2F)C1. The number of likely N-dealkylation sites (N-methyl/N-ethyl adjacent to an activating group) is 1. The van der Waals surface area contributed by atoms with Crippen molar-refractivity contribution in [2.45, 2.75) is 25.9 Å². The van der Waals surface area contributed by atoms with Gasteiger partial charge in [0.2, 0.25) is 0 Å². The fourth-order valence-corrected chi connectivity index (χ4v) is 4.82. The lowest BCUT2D eigenvalue weighted by molar-refractivity contribution is 0.120. The molecule has 32 heavy (non-hydrogen) atoms. The predicted molar refractivity (Wildman–Crippen MR) is 130 cm³/mol. The second kappa shape index (κ2) is 11.0. The molecule has 0 saturated carbocycles. The monoisotopic (exact) mass is 434 g/mol. The van der Waals surface area contributed by atoms with Gasteiger partial charge in [-0.3, -0.25) is 14.8 Å². The number of piperidine rings is 1. The van der Waals surface area contributed by atoms with E-state index in [1.807, 2.05) is 24.5 Å². The number of benzene rings is 2. The second-order valence-corrected chi connectivity index (χ2v) is 9.39. The molecule has 1 fully saturated rings. The Labute approximate surface area is 191 Å². The largest absolute Gasteiger partial charge is 0.308 e. The molecule has 5 heteroatoms. The highest BCUT2D eigenvalue weighted by molar-refractivity contribution is 5.84. The van der Waals surface area contributed by atoms with E-state index >= 15 is 0 Å². The van der Waals surface area contributed by atoms with Crippen molar-refractivity contribution < 1.29 is 4.39 Å². The first-order valence-electron chi connectivity index (χ1n) is 11.7. The smallest absolute Gasteiger partial charge is 0.127 e. The van der Waals surface area contributed by atoms with Crippen molar-refractivity contribution in [2.75, 3.05) is 46.8 Å². The third-order valence-corrected chi connectivity index (χ3v) is 6.50. The Morgan fingerprint density at radius 2 is 1.88 bits per heavy atom. The van der Waals surface area contributed by atoms with Crippen LogP contribution in [0.3, 0.4) is 0 Å². The molecule has 4 nitrogen and oxygen atoms in total. The summed E-state index contributed by atoms with van der Waals surface area (Å²) in [6.45, 7) is 6.89. The van der Waals surface area contributed by atoms with Crippen LogP contribution in [0.15, 0.2) is 60.9 Å². The van der Waals surface area contributed by atoms with E-state index in [4.69, 9.17) is 0 Å². The first-order chi connectivity index (χ1) is 15.6. The van der Waals surface area contributed by atoms with Crippen LogP contribution in [-0.2, 0) is 13.1 Å². The minimum absolute atomic E-state index is 0.0901. The minimum atomic E-state index is -0.0901. The second-order valence-electron chi connectivity index (χ2n) is 9.39. The average molecular weight is 435 g/mol. The molecule has 1 aliphatic heterocycles. The van der Waals surface area contributed by atoms with Gasteiger partial charge < -0.3 is 4.90 Å². The number of fused-ring (bicyclic) bond motifs is 1. The molecule has 1 aliphatic rings. The van der Waals surface area contributed by atoms with Crippen LogP contribution in [0.4, 0.5) is 4.39 Å². The standard InChI is InChI=1S/C27H35FN4/c1-30(2)15-16-32(20-24-10-5-9-23-17-29-13-12-26(23)24)19-22-7-6-14-31(18-22)21-25-8-3-4-11-27(25)28/h3-5,8-13,17,22H,6-7,14-16,18-21H2,1-2H3/t22-/m0/s1. The topological polar surface area (TPSA) is 22.6 Å². The Kier molecular flexibility index (Phi) is 7.85. The van der Waals surface area contributed by atoms with Crippen LogP contribution < -0.4 is 0 Å². The summed E-state index contributed by atoms with van der Waals surface area (Å²) in [7, 11) is 4.27. The average Bonchev–Trinajstić information content (AvgIpc) is 2.79. The molecule has 0 amide bonds. The maximum Gasteiger partial charge on any atom is 0.127 e. The number of pyridine rings is 1. The molecule has 0 unspecified atom stereocenters. The Balaban J connectivity index is 1.44. The first kappa shape index (κ1) is 22.8. The van der Waals surface area contributed by atoms with E-state index in [1.54, 1.807) is 12.1 Å². The Bertz CT molecular complexity index is 1000. The fraction of sp³-hybridized carbons (Fsp3) is 0.444. The Hall–Kier alpha value is -2.34. The van der Waals surface area contributed by atoms with Gasteiger partial charge in [0.1, 0.15) is 5.82 Å². The van der Waals surface area contributed by atoms with Gasteiger partial charge in [-0.05, 0) is 62.5 Å². The molecule has 2 aromatic carbocycles. The summed E-state index contributed by atoms with van der Waals surface area (Å²) in [6.07, 6.45) is 6.26. The van der Waals surface area contributed by atoms with Crippen LogP contribution in [0.2, 0.25) is 0 Å². The number of aromatic nitrogens is 1. The molecule has 1 atom stereocenters. The minimum Gasteiger partial charge on any atom is -0.308 e. The van der Waals surface area contributed by atoms with Crippen molar-refractivity contribution >= 4 is 10.8 Å². The normalized spacial score (nSPS) is 17.5. The third-order valence-electron chi connectivity index (χ3n) is 6.50. The van der Waals surface area contributed by atoms with E-state index < -0.39 is 0 Å². The molecule has 0 bridgehead atoms. The van der Waals surface area contributed by atoms with Crippen molar-refractivity contribution in [3.8, 4) is 0 Å². The van der Waals surface area contributed by atoms with Crippen LogP contribution >= 0.6 is 0 Å². The molecule has 0 N–H and O–H groups in total. The number of hydrogen-bond acceptors (Lipinski definition) is 4. The molecule has 170 valence electrons. The van der Waals surface area contributed by atoms with E-state index in [0.29, 0.717) is 12.5 Å². The van der Waals surface area contributed by atoms with Crippen LogP contribution in [-0.4, -0.2) is 66.5 Å². The van der Waals surface area contributed by atoms with Gasteiger partial charge in [0.05, 0.1) is 0 Å². The van der Waals surface area contributed by atoms with E-state index in [1.165, 1.54) is 29.2 Å². The lowest BCUT2D eigenvalue weighted by atomic mass is 9.96. The maximum absolute atomic E-state index is 14.2. The number of halogens is 1. The molecular formula is C27H35FN4. The summed E-state index contributed by atoms with van der Waals surface area (Å²) in [5, 5.41) is 2.49. The van der Waals surface area contributed by atoms with E-state index in [2.05, 4.69) is 58.0 Å². The quantitative estimate of drug-likeness (QED) is 0.489. The highest BCUT2D eigenvalue weighted by Gasteiger charge is 2.23. The molecular weight excluding hydrogens is 399 g/mol. The van der Waals surface area contributed by atoms with Gasteiger partial charge in [-0.1, -0.05) is 36.4 Å². The Morgan fingerprint density at radius 1 is 1.03 bits per heavy atom. The van der Waals surface area contributed by atoms with Gasteiger partial charge in [-0.25, -0.2) is 4.39 Å². The number of hydrogen-bond donors (Lipinski definition) is 0. The van der Waals surface area contributed by atoms with E-state index in [9.17, 15) is 4.39 Å². The predicted octanol–water partition coefficient (Wildman–Crippen LogP) is 4.65. The lowest BCUT2D eigenvalue weighted by Crippen LogP contribution is -2.42. The molecule has 3 aromatic rings. The van der Waals surface area contributed by atoms with Crippen LogP contribution in [0.5, 0.6) is 0 Å². The number of nitrogens with zero attached hydrogens (tertiary/aromatic N) is 4. The van der Waals surface area contributed by atoms with Crippen LogP contribution in [0.25, 0.3) is 10.8 Å². The molecule has 0 radical (unpaired) electrons. The lowest BCUT2D eigenvalue weighted by Gasteiger charge is -2.36. The number of rotatable bonds is 9. The van der Waals surface area contributed by atoms with Crippen molar-refractivity contribution in [3.05, 3.63) is 77.9 Å². The first-order valence-corrected chi connectivity index (χ1v) is 11.7. The Morgan fingerprint density at radius 3 is 2.72 bits per heavy atom. The molecule has 0 aliphatic carbocycles. The fourth-order valence-electron chi connectivity index (χ4n) is 4.82. The van der Waals surface area contributed by atoms with Crippen molar-refractivity contribution in [1.29, 1.82) is 0 Å². The molecule has 2 heterocycles. The molecule has 0 spiro atoms. The summed E-state index contributed by atoms with van der Waals surface area (Å²) in [5.41, 5.74) is 2.17. The molecule has 4 rings (SSSR count). The summed E-state index contributed by atoms with van der Waals surface area (Å²) < 4.78 is 14.2. The maximum atomic E-state index is 14.2. The highest BCUT2D eigenvalue weighted by atomic mass is 19.1. The van der Waals surface area contributed by atoms with Crippen molar-refractivity contribution in [1.82, 2.24) is 19.7 Å². The van der Waals surface area contributed by atoms with Gasteiger partial charge in [-0.15, -0.1) is 0 Å². The van der Waals surface area contributed by atoms with Gasteiger partial charge in [0.25, 0.3) is 0 Å². The zero-order valence-electron chi connectivity index (χ0n) is 19.4. The van der Waals surface area contributed by atoms with Gasteiger partial charge in [0.15, 0.2) is 0 Å². The van der Waals surface area contributed by atoms with E-state index in [0.717, 1.165) is 44.8 Å². The van der Waals surface area contributed by atoms with Crippen LogP contribution in [0, 0.1) is 11.7 Å². The van der Waals surface area contributed by atoms with Crippen molar-refractivity contribution in [3.63, 3.8) is 0 Å².